The Hall–Kier alpha value is -3.81. The van der Waals surface area contributed by atoms with E-state index in [1.807, 2.05) is 26.0 Å². The van der Waals surface area contributed by atoms with Gasteiger partial charge >= 0.3 is 11.8 Å². The summed E-state index contributed by atoms with van der Waals surface area (Å²) in [6.45, 7) is 3.72. The summed E-state index contributed by atoms with van der Waals surface area (Å²) in [7, 11) is 0. The highest BCUT2D eigenvalue weighted by Crippen LogP contribution is 2.24. The number of nitrogens with zero attached hydrogens (tertiary/aromatic N) is 1. The maximum Gasteiger partial charge on any atom is 0.328 e. The third-order valence-corrected chi connectivity index (χ3v) is 5.65. The van der Waals surface area contributed by atoms with Gasteiger partial charge in [-0.1, -0.05) is 35.3 Å². The lowest BCUT2D eigenvalue weighted by Gasteiger charge is -2.13. The van der Waals surface area contributed by atoms with Gasteiger partial charge < -0.3 is 10.6 Å². The van der Waals surface area contributed by atoms with E-state index in [9.17, 15) is 14.4 Å². The molecule has 0 saturated heterocycles. The Balaban J connectivity index is 1.63. The Labute approximate surface area is 205 Å². The van der Waals surface area contributed by atoms with Gasteiger partial charge in [0.05, 0.1) is 5.52 Å². The van der Waals surface area contributed by atoms with E-state index in [1.165, 1.54) is 4.68 Å². The van der Waals surface area contributed by atoms with Crippen LogP contribution in [0, 0.1) is 13.8 Å². The third-order valence-electron chi connectivity index (χ3n) is 5.16. The molecule has 3 N–H and O–H groups in total. The predicted molar refractivity (Wildman–Crippen MR) is 135 cm³/mol. The van der Waals surface area contributed by atoms with E-state index in [0.29, 0.717) is 32.3 Å². The highest BCUT2D eigenvalue weighted by atomic mass is 35.5. The molecule has 0 spiro atoms. The van der Waals surface area contributed by atoms with Crippen LogP contribution in [0.1, 0.15) is 21.6 Å². The number of carbonyl (C=O) groups is 3. The number of rotatable bonds is 4. The molecular weight excluding hydrogens is 475 g/mol. The van der Waals surface area contributed by atoms with Crippen molar-refractivity contribution in [2.24, 2.45) is 0 Å². The molecule has 9 heteroatoms. The summed E-state index contributed by atoms with van der Waals surface area (Å²) in [6, 6.07) is 18.7. The smallest absolute Gasteiger partial charge is 0.321 e. The fourth-order valence-electron chi connectivity index (χ4n) is 3.40. The lowest BCUT2D eigenvalue weighted by molar-refractivity contribution is -0.133. The number of halogens is 2. The maximum atomic E-state index is 13.0. The zero-order valence-electron chi connectivity index (χ0n) is 18.3. The Morgan fingerprint density at radius 2 is 1.47 bits per heavy atom. The lowest BCUT2D eigenvalue weighted by atomic mass is 10.1. The van der Waals surface area contributed by atoms with Crippen molar-refractivity contribution < 1.29 is 14.4 Å². The molecule has 0 unspecified atom stereocenters. The van der Waals surface area contributed by atoms with Crippen molar-refractivity contribution in [1.29, 1.82) is 0 Å². The number of hydrogen-bond acceptors (Lipinski definition) is 3. The van der Waals surface area contributed by atoms with E-state index in [2.05, 4.69) is 16.1 Å². The molecule has 0 radical (unpaired) electrons. The van der Waals surface area contributed by atoms with Gasteiger partial charge in [-0.15, -0.1) is 0 Å². The van der Waals surface area contributed by atoms with Crippen molar-refractivity contribution in [1.82, 2.24) is 4.68 Å². The molecule has 3 amide bonds. The molecule has 34 heavy (non-hydrogen) atoms. The highest BCUT2D eigenvalue weighted by Gasteiger charge is 2.21. The largest absolute Gasteiger partial charge is 0.328 e. The minimum atomic E-state index is -0.936. The molecule has 0 aliphatic heterocycles. The Bertz CT molecular complexity index is 1430. The van der Waals surface area contributed by atoms with Crippen LogP contribution in [-0.2, 0) is 9.59 Å². The Kier molecular flexibility index (Phi) is 6.58. The van der Waals surface area contributed by atoms with Crippen LogP contribution in [0.5, 0.6) is 0 Å². The molecule has 3 aromatic carbocycles. The molecule has 0 bridgehead atoms. The number of aryl methyl sites for hydroxylation is 2. The summed E-state index contributed by atoms with van der Waals surface area (Å²) in [5.74, 6) is -2.30. The average molecular weight is 495 g/mol. The Morgan fingerprint density at radius 3 is 2.21 bits per heavy atom. The molecule has 0 aliphatic carbocycles. The fraction of sp³-hybridized carbons (Fsp3) is 0.0800. The zero-order valence-corrected chi connectivity index (χ0v) is 19.8. The van der Waals surface area contributed by atoms with E-state index in [4.69, 9.17) is 23.2 Å². The normalized spacial score (nSPS) is 10.7. The van der Waals surface area contributed by atoms with Crippen LogP contribution in [0.15, 0.2) is 66.7 Å². The summed E-state index contributed by atoms with van der Waals surface area (Å²) in [5.41, 5.74) is 5.94. The topological polar surface area (TPSA) is 92.2 Å². The summed E-state index contributed by atoms with van der Waals surface area (Å²) in [4.78, 5) is 38.5. The fourth-order valence-corrected chi connectivity index (χ4v) is 3.71. The van der Waals surface area contributed by atoms with Gasteiger partial charge in [0.25, 0.3) is 5.91 Å². The first-order chi connectivity index (χ1) is 16.2. The number of amides is 3. The van der Waals surface area contributed by atoms with Gasteiger partial charge in [0, 0.05) is 26.8 Å². The first-order valence-corrected chi connectivity index (χ1v) is 11.0. The molecule has 0 atom stereocenters. The minimum absolute atomic E-state index is 0.111. The molecule has 4 aromatic rings. The number of hydrogen-bond donors (Lipinski definition) is 3. The summed E-state index contributed by atoms with van der Waals surface area (Å²) >= 11 is 12.0. The monoisotopic (exact) mass is 494 g/mol. The standard InChI is InChI=1S/C25H20Cl2N4O3/c1-14-3-4-15(2)20(11-14)29-24(33)25(34)30-31-21-10-7-18(27)12-16(21)13-22(31)23(32)28-19-8-5-17(26)6-9-19/h3-13H,1-2H3,(H,28,32)(H,29,33)(H,30,34). The number of anilines is 2. The number of fused-ring (bicyclic) bond motifs is 1. The SMILES string of the molecule is Cc1ccc(C)c(NC(=O)C(=O)Nn2c(C(=O)Nc3ccc(Cl)cc3)cc3cc(Cl)ccc32)c1. The van der Waals surface area contributed by atoms with E-state index >= 15 is 0 Å². The van der Waals surface area contributed by atoms with Crippen LogP contribution in [-0.4, -0.2) is 22.4 Å². The van der Waals surface area contributed by atoms with Crippen LogP contribution in [0.4, 0.5) is 11.4 Å². The van der Waals surface area contributed by atoms with Gasteiger partial charge in [0.1, 0.15) is 5.69 Å². The number of nitrogens with one attached hydrogen (secondary N) is 3. The first-order valence-electron chi connectivity index (χ1n) is 10.3. The van der Waals surface area contributed by atoms with Crippen molar-refractivity contribution in [3.8, 4) is 0 Å². The van der Waals surface area contributed by atoms with E-state index in [-0.39, 0.29) is 5.69 Å². The number of benzene rings is 3. The van der Waals surface area contributed by atoms with Crippen molar-refractivity contribution in [3.63, 3.8) is 0 Å². The van der Waals surface area contributed by atoms with Crippen LogP contribution in [0.3, 0.4) is 0 Å². The van der Waals surface area contributed by atoms with Crippen molar-refractivity contribution >= 4 is 63.2 Å². The molecule has 0 aliphatic rings. The van der Waals surface area contributed by atoms with Crippen molar-refractivity contribution in [2.75, 3.05) is 16.1 Å². The Morgan fingerprint density at radius 1 is 0.765 bits per heavy atom. The quantitative estimate of drug-likeness (QED) is 0.326. The minimum Gasteiger partial charge on any atom is -0.321 e. The molecular formula is C25H20Cl2N4O3. The summed E-state index contributed by atoms with van der Waals surface area (Å²) in [6.07, 6.45) is 0. The van der Waals surface area contributed by atoms with E-state index in [0.717, 1.165) is 11.1 Å². The molecule has 4 rings (SSSR count). The van der Waals surface area contributed by atoms with Gasteiger partial charge in [-0.05, 0) is 79.6 Å². The first kappa shape index (κ1) is 23.4. The second kappa shape index (κ2) is 9.59. The van der Waals surface area contributed by atoms with Gasteiger partial charge in [0.15, 0.2) is 0 Å². The van der Waals surface area contributed by atoms with E-state index < -0.39 is 17.7 Å². The van der Waals surface area contributed by atoms with Gasteiger partial charge in [-0.25, -0.2) is 4.68 Å². The highest BCUT2D eigenvalue weighted by molar-refractivity contribution is 6.42. The van der Waals surface area contributed by atoms with Crippen LogP contribution < -0.4 is 16.1 Å². The zero-order chi connectivity index (χ0) is 24.4. The summed E-state index contributed by atoms with van der Waals surface area (Å²) < 4.78 is 1.27. The molecule has 0 saturated carbocycles. The lowest BCUT2D eigenvalue weighted by Crippen LogP contribution is -2.36. The molecule has 172 valence electrons. The van der Waals surface area contributed by atoms with Crippen LogP contribution >= 0.6 is 23.2 Å². The van der Waals surface area contributed by atoms with Gasteiger partial charge in [-0.2, -0.15) is 0 Å². The van der Waals surface area contributed by atoms with E-state index in [1.54, 1.807) is 54.6 Å². The van der Waals surface area contributed by atoms with Crippen molar-refractivity contribution in [3.05, 3.63) is 93.6 Å². The van der Waals surface area contributed by atoms with Crippen LogP contribution in [0.25, 0.3) is 10.9 Å². The molecule has 0 fully saturated rings. The maximum absolute atomic E-state index is 13.0. The second-order valence-electron chi connectivity index (χ2n) is 7.74. The van der Waals surface area contributed by atoms with Gasteiger partial charge in [-0.3, -0.25) is 19.8 Å². The predicted octanol–water partition coefficient (Wildman–Crippen LogP) is 5.53. The van der Waals surface area contributed by atoms with Crippen LogP contribution in [0.2, 0.25) is 10.0 Å². The molecule has 1 aromatic heterocycles. The second-order valence-corrected chi connectivity index (χ2v) is 8.62. The molecule has 7 nitrogen and oxygen atoms in total. The number of carbonyl (C=O) groups excluding carboxylic acids is 3. The van der Waals surface area contributed by atoms with Crippen molar-refractivity contribution in [2.45, 2.75) is 13.8 Å². The summed E-state index contributed by atoms with van der Waals surface area (Å²) in [5, 5.41) is 6.98. The van der Waals surface area contributed by atoms with Gasteiger partial charge in [0.2, 0.25) is 0 Å². The molecule has 1 heterocycles. The number of aromatic nitrogens is 1. The average Bonchev–Trinajstić information content (AvgIpc) is 3.15. The third kappa shape index (κ3) is 5.06.